The number of nitrogens with one attached hydrogen (secondary N) is 1. The predicted octanol–water partition coefficient (Wildman–Crippen LogP) is 4.15. The predicted molar refractivity (Wildman–Crippen MR) is 110 cm³/mol. The molecule has 8 nitrogen and oxygen atoms in total. The van der Waals surface area contributed by atoms with E-state index in [1.807, 2.05) is 23.6 Å². The van der Waals surface area contributed by atoms with Crippen molar-refractivity contribution in [1.82, 2.24) is 19.5 Å². The summed E-state index contributed by atoms with van der Waals surface area (Å²) in [6.07, 6.45) is 4.80. The first-order chi connectivity index (χ1) is 13.2. The molecule has 0 aliphatic carbocycles. The molecule has 0 aliphatic rings. The van der Waals surface area contributed by atoms with Gasteiger partial charge in [0.15, 0.2) is 5.65 Å². The Morgan fingerprint density at radius 2 is 2.00 bits per heavy atom. The lowest BCUT2D eigenvalue weighted by molar-refractivity contribution is 0.431. The topological polar surface area (TPSA) is 102 Å². The lowest BCUT2D eigenvalue weighted by Crippen LogP contribution is -2.09. The number of benzene rings is 1. The van der Waals surface area contributed by atoms with Crippen molar-refractivity contribution in [2.24, 2.45) is 0 Å². The Morgan fingerprint density at radius 3 is 2.71 bits per heavy atom. The largest absolute Gasteiger partial charge is 0.332 e. The lowest BCUT2D eigenvalue weighted by Gasteiger charge is -2.05. The van der Waals surface area contributed by atoms with Gasteiger partial charge in [-0.25, -0.2) is 13.4 Å². The Hall–Kier alpha value is -2.43. The van der Waals surface area contributed by atoms with E-state index in [0.717, 1.165) is 21.9 Å². The minimum absolute atomic E-state index is 0.248. The number of rotatable bonds is 4. The minimum Gasteiger partial charge on any atom is -0.332 e. The van der Waals surface area contributed by atoms with Gasteiger partial charge in [0.05, 0.1) is 15.8 Å². The fourth-order valence-corrected chi connectivity index (χ4v) is 4.18. The molecule has 0 fully saturated rings. The smallest absolute Gasteiger partial charge is 0.278 e. The summed E-state index contributed by atoms with van der Waals surface area (Å²) < 4.78 is 33.1. The van der Waals surface area contributed by atoms with Crippen LogP contribution in [0.1, 0.15) is 5.56 Å². The van der Waals surface area contributed by atoms with E-state index in [-0.39, 0.29) is 16.7 Å². The molecule has 1 N–H and O–H groups in total. The van der Waals surface area contributed by atoms with E-state index in [1.54, 1.807) is 18.3 Å². The van der Waals surface area contributed by atoms with Gasteiger partial charge in [0, 0.05) is 23.6 Å². The summed E-state index contributed by atoms with van der Waals surface area (Å²) >= 11 is 9.76. The van der Waals surface area contributed by atoms with Crippen LogP contribution in [-0.4, -0.2) is 34.2 Å². The van der Waals surface area contributed by atoms with Gasteiger partial charge in [0.1, 0.15) is 5.69 Å². The van der Waals surface area contributed by atoms with Gasteiger partial charge in [0.25, 0.3) is 5.89 Å². The van der Waals surface area contributed by atoms with Crippen LogP contribution in [0, 0.1) is 6.92 Å². The molecule has 3 heterocycles. The van der Waals surface area contributed by atoms with Crippen LogP contribution in [0.15, 0.2) is 45.7 Å². The van der Waals surface area contributed by atoms with Crippen LogP contribution in [0.3, 0.4) is 0 Å². The second-order valence-electron chi connectivity index (χ2n) is 6.21. The van der Waals surface area contributed by atoms with Gasteiger partial charge >= 0.3 is 0 Å². The van der Waals surface area contributed by atoms with Crippen LogP contribution in [0.2, 0.25) is 5.02 Å². The molecular weight excluding hydrogens is 470 g/mol. The maximum absolute atomic E-state index is 11.3. The van der Waals surface area contributed by atoms with Crippen LogP contribution < -0.4 is 4.72 Å². The van der Waals surface area contributed by atoms with E-state index < -0.39 is 10.0 Å². The molecule has 0 aliphatic heterocycles. The van der Waals surface area contributed by atoms with Gasteiger partial charge in [-0.15, -0.1) is 0 Å². The van der Waals surface area contributed by atoms with Gasteiger partial charge in [-0.3, -0.25) is 4.72 Å². The van der Waals surface area contributed by atoms with E-state index in [2.05, 4.69) is 35.8 Å². The number of pyridine rings is 1. The molecule has 1 aromatic carbocycles. The summed E-state index contributed by atoms with van der Waals surface area (Å²) in [7, 11) is -3.40. The van der Waals surface area contributed by atoms with Crippen LogP contribution >= 0.6 is 27.5 Å². The highest BCUT2D eigenvalue weighted by atomic mass is 79.9. The van der Waals surface area contributed by atoms with Gasteiger partial charge in [-0.2, -0.15) is 4.98 Å². The second-order valence-corrected chi connectivity index (χ2v) is 9.22. The Morgan fingerprint density at radius 1 is 1.21 bits per heavy atom. The second kappa shape index (κ2) is 6.87. The third-order valence-electron chi connectivity index (χ3n) is 3.80. The molecule has 4 rings (SSSR count). The third kappa shape index (κ3) is 3.75. The fourth-order valence-electron chi connectivity index (χ4n) is 2.70. The zero-order chi connectivity index (χ0) is 20.1. The van der Waals surface area contributed by atoms with Crippen molar-refractivity contribution in [3.63, 3.8) is 0 Å². The number of fused-ring (bicyclic) bond motifs is 1. The van der Waals surface area contributed by atoms with Crippen LogP contribution in [0.25, 0.3) is 28.6 Å². The number of hydrogen-bond acceptors (Lipinski definition) is 6. The van der Waals surface area contributed by atoms with E-state index in [1.165, 1.54) is 6.07 Å². The molecule has 3 aromatic heterocycles. The molecule has 11 heteroatoms. The van der Waals surface area contributed by atoms with E-state index in [9.17, 15) is 8.42 Å². The molecule has 0 saturated heterocycles. The third-order valence-corrected chi connectivity index (χ3v) is 5.30. The Balaban J connectivity index is 1.69. The molecule has 28 heavy (non-hydrogen) atoms. The Kier molecular flexibility index (Phi) is 4.64. The molecule has 0 bridgehead atoms. The molecule has 0 radical (unpaired) electrons. The lowest BCUT2D eigenvalue weighted by atomic mass is 10.2. The highest BCUT2D eigenvalue weighted by molar-refractivity contribution is 9.10. The van der Waals surface area contributed by atoms with Gasteiger partial charge in [-0.05, 0) is 52.7 Å². The molecule has 144 valence electrons. The Bertz CT molecular complexity index is 1320. The molecule has 0 spiro atoms. The number of aryl methyl sites for hydroxylation is 1. The standard InChI is InChI=1S/C17H13BrClN5O3S/c1-9-5-12(18)16-20-14(8-24(16)7-9)17-21-15(22-27-17)11-4-3-10(6-13(11)19)23-28(2,25)26/h3-8,23H,1-2H3. The Labute approximate surface area is 173 Å². The average Bonchev–Trinajstić information content (AvgIpc) is 3.20. The van der Waals surface area contributed by atoms with Crippen molar-refractivity contribution in [2.45, 2.75) is 6.92 Å². The van der Waals surface area contributed by atoms with Gasteiger partial charge in [0.2, 0.25) is 15.8 Å². The first kappa shape index (κ1) is 18.9. The van der Waals surface area contributed by atoms with E-state index in [4.69, 9.17) is 16.1 Å². The first-order valence-corrected chi connectivity index (χ1v) is 11.0. The number of halogens is 2. The molecular formula is C17H13BrClN5O3S. The minimum atomic E-state index is -3.40. The summed E-state index contributed by atoms with van der Waals surface area (Å²) in [5.74, 6) is 0.524. The highest BCUT2D eigenvalue weighted by Crippen LogP contribution is 2.31. The molecule has 0 amide bonds. The SMILES string of the molecule is Cc1cc(Br)c2nc(-c3nc(-c4ccc(NS(C)(=O)=O)cc4Cl)no3)cn2c1. The van der Waals surface area contributed by atoms with Crippen molar-refractivity contribution < 1.29 is 12.9 Å². The summed E-state index contributed by atoms with van der Waals surface area (Å²) in [6.45, 7) is 1.99. The van der Waals surface area contributed by atoms with Crippen LogP contribution in [-0.2, 0) is 10.0 Å². The van der Waals surface area contributed by atoms with Gasteiger partial charge < -0.3 is 8.92 Å². The molecule has 4 aromatic rings. The van der Waals surface area contributed by atoms with Crippen molar-refractivity contribution in [3.8, 4) is 23.0 Å². The monoisotopic (exact) mass is 481 g/mol. The summed E-state index contributed by atoms with van der Waals surface area (Å²) in [5.41, 5.74) is 3.19. The normalized spacial score (nSPS) is 11.9. The quantitative estimate of drug-likeness (QED) is 0.469. The highest BCUT2D eigenvalue weighted by Gasteiger charge is 2.17. The number of nitrogens with zero attached hydrogens (tertiary/aromatic N) is 4. The van der Waals surface area contributed by atoms with Crippen molar-refractivity contribution in [3.05, 3.63) is 51.7 Å². The van der Waals surface area contributed by atoms with Crippen LogP contribution in [0.5, 0.6) is 0 Å². The first-order valence-electron chi connectivity index (χ1n) is 7.96. The fraction of sp³-hybridized carbons (Fsp3) is 0.118. The number of aromatic nitrogens is 4. The van der Waals surface area contributed by atoms with E-state index >= 15 is 0 Å². The number of imidazole rings is 1. The number of hydrogen-bond donors (Lipinski definition) is 1. The van der Waals surface area contributed by atoms with E-state index in [0.29, 0.717) is 16.9 Å². The summed E-state index contributed by atoms with van der Waals surface area (Å²) in [6, 6.07) is 6.65. The molecule has 0 unspecified atom stereocenters. The zero-order valence-electron chi connectivity index (χ0n) is 14.6. The molecule has 0 atom stereocenters. The zero-order valence-corrected chi connectivity index (χ0v) is 17.8. The summed E-state index contributed by atoms with van der Waals surface area (Å²) in [4.78, 5) is 8.89. The summed E-state index contributed by atoms with van der Waals surface area (Å²) in [5, 5.41) is 4.25. The number of sulfonamides is 1. The van der Waals surface area contributed by atoms with Crippen LogP contribution in [0.4, 0.5) is 5.69 Å². The van der Waals surface area contributed by atoms with Crippen molar-refractivity contribution >= 4 is 48.9 Å². The molecule has 0 saturated carbocycles. The van der Waals surface area contributed by atoms with Gasteiger partial charge in [-0.1, -0.05) is 16.8 Å². The van der Waals surface area contributed by atoms with Crippen molar-refractivity contribution in [1.29, 1.82) is 0 Å². The maximum atomic E-state index is 11.3. The van der Waals surface area contributed by atoms with Crippen molar-refractivity contribution in [2.75, 3.05) is 11.0 Å². The average molecular weight is 483 g/mol. The number of anilines is 1. The maximum Gasteiger partial charge on any atom is 0.278 e.